The summed E-state index contributed by atoms with van der Waals surface area (Å²) >= 11 is 0. The van der Waals surface area contributed by atoms with E-state index in [-0.39, 0.29) is 5.56 Å². The van der Waals surface area contributed by atoms with Crippen molar-refractivity contribution in [2.24, 2.45) is 5.92 Å². The Hall–Kier alpha value is -1.68. The van der Waals surface area contributed by atoms with Crippen LogP contribution in [0.25, 0.3) is 10.9 Å². The minimum atomic E-state index is -0.0486. The number of fused-ring (bicyclic) bond motifs is 1. The van der Waals surface area contributed by atoms with Crippen LogP contribution in [0.2, 0.25) is 0 Å². The number of nitrogens with one attached hydrogen (secondary N) is 2. The molecule has 3 rings (SSSR count). The molecule has 1 saturated carbocycles. The summed E-state index contributed by atoms with van der Waals surface area (Å²) in [6.07, 6.45) is 6.41. The van der Waals surface area contributed by atoms with Gasteiger partial charge in [0.2, 0.25) is 0 Å². The first-order valence-corrected chi connectivity index (χ1v) is 7.97. The number of H-pyrrole nitrogens is 1. The van der Waals surface area contributed by atoms with E-state index in [4.69, 9.17) is 0 Å². The van der Waals surface area contributed by atoms with Crippen molar-refractivity contribution in [3.05, 3.63) is 40.4 Å². The predicted octanol–water partition coefficient (Wildman–Crippen LogP) is 2.98. The van der Waals surface area contributed by atoms with E-state index in [1.165, 1.54) is 32.1 Å². The molecule has 0 saturated heterocycles. The highest BCUT2D eigenvalue weighted by atomic mass is 16.1. The third-order valence-corrected chi connectivity index (χ3v) is 4.58. The Labute approximate surface area is 125 Å². The molecule has 1 aliphatic rings. The molecule has 0 spiro atoms. The molecule has 1 aliphatic carbocycles. The van der Waals surface area contributed by atoms with Gasteiger partial charge in [-0.2, -0.15) is 0 Å². The van der Waals surface area contributed by atoms with E-state index >= 15 is 0 Å². The predicted molar refractivity (Wildman–Crippen MR) is 85.2 cm³/mol. The number of aromatic amines is 1. The van der Waals surface area contributed by atoms with Crippen LogP contribution in [0, 0.1) is 5.92 Å². The molecule has 2 aromatic rings. The summed E-state index contributed by atoms with van der Waals surface area (Å²) in [5, 5.41) is 4.22. The molecule has 0 radical (unpaired) electrons. The number of benzene rings is 1. The first-order valence-electron chi connectivity index (χ1n) is 7.97. The molecule has 2 atom stereocenters. The smallest absolute Gasteiger partial charge is 0.258 e. The number of rotatable bonds is 4. The van der Waals surface area contributed by atoms with Crippen LogP contribution in [0.4, 0.5) is 0 Å². The Kier molecular flexibility index (Phi) is 4.34. The van der Waals surface area contributed by atoms with Gasteiger partial charge in [-0.25, -0.2) is 4.98 Å². The van der Waals surface area contributed by atoms with Gasteiger partial charge in [-0.05, 0) is 30.9 Å². The van der Waals surface area contributed by atoms with Crippen molar-refractivity contribution in [2.45, 2.75) is 51.6 Å². The van der Waals surface area contributed by atoms with Gasteiger partial charge in [0.15, 0.2) is 0 Å². The quantitative estimate of drug-likeness (QED) is 0.908. The van der Waals surface area contributed by atoms with Gasteiger partial charge in [-0.3, -0.25) is 4.79 Å². The average molecular weight is 285 g/mol. The zero-order chi connectivity index (χ0) is 14.7. The molecule has 0 aliphatic heterocycles. The third kappa shape index (κ3) is 3.32. The fourth-order valence-corrected chi connectivity index (χ4v) is 3.31. The van der Waals surface area contributed by atoms with Crippen molar-refractivity contribution in [2.75, 3.05) is 0 Å². The van der Waals surface area contributed by atoms with Crippen LogP contribution in [0.3, 0.4) is 0 Å². The number of para-hydroxylation sites is 1. The summed E-state index contributed by atoms with van der Waals surface area (Å²) in [6.45, 7) is 2.91. The minimum absolute atomic E-state index is 0.0486. The molecule has 1 aromatic heterocycles. The van der Waals surface area contributed by atoms with Gasteiger partial charge >= 0.3 is 0 Å². The molecule has 1 aromatic carbocycles. The second-order valence-corrected chi connectivity index (χ2v) is 6.05. The van der Waals surface area contributed by atoms with Crippen molar-refractivity contribution in [1.82, 2.24) is 15.3 Å². The van der Waals surface area contributed by atoms with E-state index in [1.54, 1.807) is 0 Å². The lowest BCUT2D eigenvalue weighted by Gasteiger charge is -2.29. The second kappa shape index (κ2) is 6.39. The van der Waals surface area contributed by atoms with Crippen molar-refractivity contribution in [3.8, 4) is 0 Å². The fourth-order valence-electron chi connectivity index (χ4n) is 3.31. The van der Waals surface area contributed by atoms with Crippen LogP contribution in [0.5, 0.6) is 0 Å². The summed E-state index contributed by atoms with van der Waals surface area (Å²) < 4.78 is 0. The van der Waals surface area contributed by atoms with Crippen LogP contribution < -0.4 is 10.9 Å². The van der Waals surface area contributed by atoms with Crippen LogP contribution in [0.15, 0.2) is 29.1 Å². The molecule has 21 heavy (non-hydrogen) atoms. The zero-order valence-electron chi connectivity index (χ0n) is 12.6. The van der Waals surface area contributed by atoms with E-state index in [2.05, 4.69) is 22.2 Å². The Morgan fingerprint density at radius 1 is 1.33 bits per heavy atom. The summed E-state index contributed by atoms with van der Waals surface area (Å²) in [5.41, 5.74) is 0.723. The van der Waals surface area contributed by atoms with E-state index in [1.807, 2.05) is 24.3 Å². The van der Waals surface area contributed by atoms with Crippen LogP contribution in [-0.4, -0.2) is 16.0 Å². The monoisotopic (exact) mass is 285 g/mol. The first-order chi connectivity index (χ1) is 10.3. The summed E-state index contributed by atoms with van der Waals surface area (Å²) in [7, 11) is 0. The van der Waals surface area contributed by atoms with Gasteiger partial charge in [0.25, 0.3) is 5.56 Å². The normalized spacial score (nSPS) is 22.5. The highest BCUT2D eigenvalue weighted by molar-refractivity contribution is 5.77. The zero-order valence-corrected chi connectivity index (χ0v) is 12.6. The standard InChI is InChI=1S/C17H23N3O/c1-2-12-6-5-7-13(10-12)18-11-16-19-15-9-4-3-8-14(15)17(21)20-16/h3-4,8-9,12-13,18H,2,5-7,10-11H2,1H3,(H,19,20,21). The van der Waals surface area contributed by atoms with Gasteiger partial charge in [-0.1, -0.05) is 38.3 Å². The molecule has 0 bridgehead atoms. The Balaban J connectivity index is 1.69. The highest BCUT2D eigenvalue weighted by Gasteiger charge is 2.20. The molecule has 2 unspecified atom stereocenters. The lowest BCUT2D eigenvalue weighted by atomic mass is 9.84. The Morgan fingerprint density at radius 2 is 2.19 bits per heavy atom. The van der Waals surface area contributed by atoms with E-state index in [0.717, 1.165) is 17.3 Å². The summed E-state index contributed by atoms with van der Waals surface area (Å²) in [5.74, 6) is 1.58. The molecule has 1 fully saturated rings. The summed E-state index contributed by atoms with van der Waals surface area (Å²) in [6, 6.07) is 8.04. The molecular weight excluding hydrogens is 262 g/mol. The van der Waals surface area contributed by atoms with Crippen LogP contribution in [0.1, 0.15) is 44.9 Å². The van der Waals surface area contributed by atoms with Gasteiger partial charge in [0.05, 0.1) is 17.4 Å². The average Bonchev–Trinajstić information content (AvgIpc) is 2.53. The molecule has 4 nitrogen and oxygen atoms in total. The third-order valence-electron chi connectivity index (χ3n) is 4.58. The van der Waals surface area contributed by atoms with Crippen molar-refractivity contribution in [1.29, 1.82) is 0 Å². The topological polar surface area (TPSA) is 57.8 Å². The number of hydrogen-bond acceptors (Lipinski definition) is 3. The maximum atomic E-state index is 12.0. The van der Waals surface area contributed by atoms with E-state index in [9.17, 15) is 4.79 Å². The second-order valence-electron chi connectivity index (χ2n) is 6.05. The maximum absolute atomic E-state index is 12.0. The minimum Gasteiger partial charge on any atom is -0.309 e. The van der Waals surface area contributed by atoms with Crippen molar-refractivity contribution in [3.63, 3.8) is 0 Å². The van der Waals surface area contributed by atoms with Crippen molar-refractivity contribution < 1.29 is 0 Å². The molecule has 112 valence electrons. The number of aromatic nitrogens is 2. The number of nitrogens with zero attached hydrogens (tertiary/aromatic N) is 1. The molecule has 2 N–H and O–H groups in total. The van der Waals surface area contributed by atoms with Gasteiger partial charge in [0.1, 0.15) is 5.82 Å². The lowest BCUT2D eigenvalue weighted by Crippen LogP contribution is -2.34. The van der Waals surface area contributed by atoms with Gasteiger partial charge in [0, 0.05) is 6.04 Å². The van der Waals surface area contributed by atoms with Crippen LogP contribution >= 0.6 is 0 Å². The maximum Gasteiger partial charge on any atom is 0.258 e. The highest BCUT2D eigenvalue weighted by Crippen LogP contribution is 2.26. The Morgan fingerprint density at radius 3 is 3.05 bits per heavy atom. The van der Waals surface area contributed by atoms with Gasteiger partial charge < -0.3 is 10.3 Å². The lowest BCUT2D eigenvalue weighted by molar-refractivity contribution is 0.277. The molecular formula is C17H23N3O. The molecule has 4 heteroatoms. The first kappa shape index (κ1) is 14.3. The summed E-state index contributed by atoms with van der Waals surface area (Å²) in [4.78, 5) is 19.5. The van der Waals surface area contributed by atoms with Crippen molar-refractivity contribution >= 4 is 10.9 Å². The van der Waals surface area contributed by atoms with E-state index < -0.39 is 0 Å². The Bertz CT molecular complexity index is 664. The largest absolute Gasteiger partial charge is 0.309 e. The van der Waals surface area contributed by atoms with E-state index in [0.29, 0.717) is 18.0 Å². The molecule has 0 amide bonds. The fraction of sp³-hybridized carbons (Fsp3) is 0.529. The number of hydrogen-bond donors (Lipinski definition) is 2. The van der Waals surface area contributed by atoms with Gasteiger partial charge in [-0.15, -0.1) is 0 Å². The molecule has 1 heterocycles. The van der Waals surface area contributed by atoms with Crippen LogP contribution in [-0.2, 0) is 6.54 Å². The SMILES string of the molecule is CCC1CCCC(NCc2nc3ccccc3c(=O)[nH]2)C1.